The van der Waals surface area contributed by atoms with Gasteiger partial charge < -0.3 is 23.8 Å². The molecule has 2 aromatic rings. The second kappa shape index (κ2) is 14.2. The Labute approximate surface area is 214 Å². The molecule has 2 rings (SSSR count). The molecule has 0 fully saturated rings. The molecule has 0 spiro atoms. The minimum absolute atomic E-state index is 0. The van der Waals surface area contributed by atoms with E-state index < -0.39 is 4.75 Å². The van der Waals surface area contributed by atoms with Crippen molar-refractivity contribution in [2.45, 2.75) is 25.0 Å². The molecule has 34 heavy (non-hydrogen) atoms. The third-order valence-corrected chi connectivity index (χ3v) is 7.46. The zero-order chi connectivity index (χ0) is 24.4. The van der Waals surface area contributed by atoms with E-state index in [4.69, 9.17) is 18.9 Å². The van der Waals surface area contributed by atoms with Crippen LogP contribution in [0.2, 0.25) is 0 Å². The van der Waals surface area contributed by atoms with E-state index in [9.17, 15) is 5.26 Å². The van der Waals surface area contributed by atoms with Crippen LogP contribution in [0.3, 0.4) is 0 Å². The highest BCUT2D eigenvalue weighted by Crippen LogP contribution is 2.45. The largest absolute Gasteiger partial charge is 0.493 e. The maximum absolute atomic E-state index is 10.2. The van der Waals surface area contributed by atoms with Crippen LogP contribution in [0.1, 0.15) is 25.0 Å². The molecule has 0 aliphatic heterocycles. The van der Waals surface area contributed by atoms with Crippen LogP contribution in [-0.2, 0) is 11.2 Å². The Morgan fingerprint density at radius 3 is 1.97 bits per heavy atom. The van der Waals surface area contributed by atoms with Gasteiger partial charge in [-0.25, -0.2) is 0 Å². The van der Waals surface area contributed by atoms with Gasteiger partial charge in [-0.2, -0.15) is 5.26 Å². The molecule has 0 amide bonds. The predicted molar refractivity (Wildman–Crippen MR) is 142 cm³/mol. The molecule has 1 unspecified atom stereocenters. The number of nitrogens with zero attached hydrogens (tertiary/aromatic N) is 2. The molecule has 1 atom stereocenters. The van der Waals surface area contributed by atoms with Crippen molar-refractivity contribution in [1.82, 2.24) is 4.90 Å². The second-order valence-electron chi connectivity index (χ2n) is 8.16. The van der Waals surface area contributed by atoms with Crippen molar-refractivity contribution in [1.29, 1.82) is 5.26 Å². The van der Waals surface area contributed by atoms with E-state index in [1.807, 2.05) is 30.3 Å². The lowest BCUT2D eigenvalue weighted by Gasteiger charge is -2.32. The summed E-state index contributed by atoms with van der Waals surface area (Å²) in [5.74, 6) is 3.76. The van der Waals surface area contributed by atoms with Crippen LogP contribution < -0.4 is 18.9 Å². The van der Waals surface area contributed by atoms with Gasteiger partial charge in [0, 0.05) is 18.8 Å². The predicted octanol–water partition coefficient (Wildman–Crippen LogP) is 5.43. The van der Waals surface area contributed by atoms with E-state index in [1.54, 1.807) is 40.2 Å². The number of benzene rings is 2. The molecular weight excluding hydrogens is 472 g/mol. The molecule has 0 aliphatic rings. The van der Waals surface area contributed by atoms with Gasteiger partial charge in [0.05, 0.1) is 34.5 Å². The van der Waals surface area contributed by atoms with Crippen LogP contribution in [0.5, 0.6) is 23.0 Å². The van der Waals surface area contributed by atoms with Crippen molar-refractivity contribution >= 4 is 24.2 Å². The van der Waals surface area contributed by atoms with Crippen molar-refractivity contribution in [2.75, 3.05) is 54.3 Å². The first-order valence-electron chi connectivity index (χ1n) is 11.0. The van der Waals surface area contributed by atoms with Gasteiger partial charge >= 0.3 is 0 Å². The van der Waals surface area contributed by atoms with E-state index in [1.165, 1.54) is 5.56 Å². The lowest BCUT2D eigenvalue weighted by molar-refractivity contribution is 0.350. The van der Waals surface area contributed by atoms with Gasteiger partial charge in [-0.15, -0.1) is 24.2 Å². The number of thioether (sulfide) groups is 1. The molecule has 2 aromatic carbocycles. The fraction of sp³-hybridized carbons (Fsp3) is 0.500. The Kier molecular flexibility index (Phi) is 12.4. The number of hydrogen-bond donors (Lipinski definition) is 0. The summed E-state index contributed by atoms with van der Waals surface area (Å²) in [6, 6.07) is 14.4. The number of rotatable bonds is 13. The topological polar surface area (TPSA) is 64.0 Å². The molecule has 0 bridgehead atoms. The Bertz CT molecular complexity index is 951. The number of methoxy groups -OCH3 is 4. The fourth-order valence-corrected chi connectivity index (χ4v) is 5.12. The monoisotopic (exact) mass is 508 g/mol. The summed E-state index contributed by atoms with van der Waals surface area (Å²) in [5.41, 5.74) is 2.14. The van der Waals surface area contributed by atoms with Gasteiger partial charge in [0.1, 0.15) is 4.75 Å². The molecule has 188 valence electrons. The zero-order valence-electron chi connectivity index (χ0n) is 21.2. The first kappa shape index (κ1) is 29.8. The third kappa shape index (κ3) is 7.11. The number of likely N-dealkylation sites (N-methyl/N-ethyl adjacent to an activating group) is 1. The molecule has 0 aliphatic carbocycles. The standard InChI is InChI=1S/C26H36N2O4S.ClH/c1-19(2)26(18-27,21-9-11-23(30-5)25(17-21)32-7)33-15-14-28(3)13-12-20-8-10-22(29-4)24(16-20)31-6;/h8-11,16-17,19H,12-15H2,1-7H3;1H. The maximum Gasteiger partial charge on any atom is 0.161 e. The van der Waals surface area contributed by atoms with E-state index >= 15 is 0 Å². The Hall–Kier alpha value is -2.27. The Morgan fingerprint density at radius 1 is 0.882 bits per heavy atom. The summed E-state index contributed by atoms with van der Waals surface area (Å²) in [6.45, 7) is 5.97. The van der Waals surface area contributed by atoms with E-state index in [0.717, 1.165) is 42.3 Å². The van der Waals surface area contributed by atoms with Crippen LogP contribution in [0, 0.1) is 17.2 Å². The van der Waals surface area contributed by atoms with E-state index in [-0.39, 0.29) is 18.3 Å². The maximum atomic E-state index is 10.2. The summed E-state index contributed by atoms with van der Waals surface area (Å²) >= 11 is 1.69. The lowest BCUT2D eigenvalue weighted by Crippen LogP contribution is -2.30. The van der Waals surface area contributed by atoms with Gasteiger partial charge in [-0.1, -0.05) is 26.0 Å². The van der Waals surface area contributed by atoms with Crippen molar-refractivity contribution in [3.8, 4) is 29.1 Å². The SMILES string of the molecule is COc1ccc(CCN(C)CCSC(C#N)(c2ccc(OC)c(OC)c2)C(C)C)cc1OC.Cl. The van der Waals surface area contributed by atoms with Gasteiger partial charge in [0.15, 0.2) is 23.0 Å². The number of ether oxygens (including phenoxy) is 4. The van der Waals surface area contributed by atoms with Gasteiger partial charge in [-0.05, 0) is 54.8 Å². The fourth-order valence-electron chi connectivity index (χ4n) is 3.71. The molecule has 0 radical (unpaired) electrons. The van der Waals surface area contributed by atoms with Crippen LogP contribution in [0.25, 0.3) is 0 Å². The molecule has 0 aromatic heterocycles. The normalized spacial score (nSPS) is 12.5. The van der Waals surface area contributed by atoms with Crippen LogP contribution in [0.4, 0.5) is 0 Å². The average molecular weight is 509 g/mol. The number of hydrogen-bond acceptors (Lipinski definition) is 7. The van der Waals surface area contributed by atoms with Crippen molar-refractivity contribution in [3.05, 3.63) is 47.5 Å². The van der Waals surface area contributed by atoms with Crippen LogP contribution in [-0.4, -0.2) is 59.2 Å². The van der Waals surface area contributed by atoms with Gasteiger partial charge in [-0.3, -0.25) is 0 Å². The molecule has 0 heterocycles. The minimum Gasteiger partial charge on any atom is -0.493 e. The highest BCUT2D eigenvalue weighted by atomic mass is 35.5. The van der Waals surface area contributed by atoms with Crippen molar-refractivity contribution in [2.24, 2.45) is 5.92 Å². The number of nitriles is 1. The summed E-state index contributed by atoms with van der Waals surface area (Å²) in [6.07, 6.45) is 0.908. The molecule has 8 heteroatoms. The molecule has 0 saturated heterocycles. The van der Waals surface area contributed by atoms with Crippen LogP contribution >= 0.6 is 24.2 Å². The molecule has 6 nitrogen and oxygen atoms in total. The summed E-state index contributed by atoms with van der Waals surface area (Å²) < 4.78 is 20.9. The minimum atomic E-state index is -0.663. The van der Waals surface area contributed by atoms with Crippen LogP contribution in [0.15, 0.2) is 36.4 Å². The first-order valence-corrected chi connectivity index (χ1v) is 12.0. The summed E-state index contributed by atoms with van der Waals surface area (Å²) in [4.78, 5) is 2.29. The Morgan fingerprint density at radius 2 is 1.44 bits per heavy atom. The molecule has 0 N–H and O–H groups in total. The van der Waals surface area contributed by atoms with Gasteiger partial charge in [0.2, 0.25) is 0 Å². The molecular formula is C26H37ClN2O4S. The van der Waals surface area contributed by atoms with Gasteiger partial charge in [0.25, 0.3) is 0 Å². The van der Waals surface area contributed by atoms with Crippen molar-refractivity contribution in [3.63, 3.8) is 0 Å². The highest BCUT2D eigenvalue weighted by molar-refractivity contribution is 8.00. The molecule has 0 saturated carbocycles. The van der Waals surface area contributed by atoms with E-state index in [0.29, 0.717) is 11.5 Å². The average Bonchev–Trinajstić information content (AvgIpc) is 2.84. The number of halogens is 1. The van der Waals surface area contributed by atoms with E-state index in [2.05, 4.69) is 37.9 Å². The Balaban J connectivity index is 0.00000578. The van der Waals surface area contributed by atoms with Crippen molar-refractivity contribution < 1.29 is 18.9 Å². The third-order valence-electron chi connectivity index (χ3n) is 5.82. The highest BCUT2D eigenvalue weighted by Gasteiger charge is 2.37. The first-order chi connectivity index (χ1) is 15.8. The zero-order valence-corrected chi connectivity index (χ0v) is 22.8. The second-order valence-corrected chi connectivity index (χ2v) is 9.50. The lowest BCUT2D eigenvalue weighted by atomic mass is 9.88. The summed E-state index contributed by atoms with van der Waals surface area (Å²) in [5, 5.41) is 10.2. The smallest absolute Gasteiger partial charge is 0.161 e. The quantitative estimate of drug-likeness (QED) is 0.357. The summed E-state index contributed by atoms with van der Waals surface area (Å²) in [7, 11) is 8.64.